The van der Waals surface area contributed by atoms with Crippen molar-refractivity contribution in [2.45, 2.75) is 26.8 Å². The molecule has 1 aliphatic rings. The number of likely N-dealkylation sites (tertiary alicyclic amines) is 1. The Kier molecular flexibility index (Phi) is 4.34. The lowest BCUT2D eigenvalue weighted by Gasteiger charge is -2.17. The predicted molar refractivity (Wildman–Crippen MR) is 74.3 cm³/mol. The first-order valence-electron chi connectivity index (χ1n) is 6.76. The van der Waals surface area contributed by atoms with Crippen LogP contribution < -0.4 is 11.3 Å². The minimum absolute atomic E-state index is 0.152. The molecule has 1 unspecified atom stereocenters. The zero-order valence-corrected chi connectivity index (χ0v) is 11.8. The number of aromatic nitrogens is 1. The molecule has 6 nitrogen and oxygen atoms in total. The van der Waals surface area contributed by atoms with Crippen molar-refractivity contribution in [3.8, 4) is 0 Å². The summed E-state index contributed by atoms with van der Waals surface area (Å²) >= 11 is 0. The fourth-order valence-electron chi connectivity index (χ4n) is 2.37. The molecule has 2 rings (SSSR count). The largest absolute Gasteiger partial charge is 0.336 e. The van der Waals surface area contributed by atoms with Crippen LogP contribution in [-0.2, 0) is 11.3 Å². The van der Waals surface area contributed by atoms with E-state index in [-0.39, 0.29) is 11.6 Å². The third-order valence-corrected chi connectivity index (χ3v) is 3.71. The Morgan fingerprint density at radius 1 is 1.55 bits per heavy atom. The fourth-order valence-corrected chi connectivity index (χ4v) is 2.37. The van der Waals surface area contributed by atoms with Gasteiger partial charge in [-0.15, -0.1) is 0 Å². The molecule has 108 valence electrons. The van der Waals surface area contributed by atoms with Gasteiger partial charge in [0.15, 0.2) is 0 Å². The van der Waals surface area contributed by atoms with Crippen LogP contribution in [-0.4, -0.2) is 28.2 Å². The van der Waals surface area contributed by atoms with Crippen molar-refractivity contribution in [1.29, 1.82) is 0 Å². The predicted octanol–water partition coefficient (Wildman–Crippen LogP) is 0.690. The second-order valence-corrected chi connectivity index (χ2v) is 5.47. The highest BCUT2D eigenvalue weighted by Gasteiger charge is 2.31. The topological polar surface area (TPSA) is 88.3 Å². The number of nitrogen functional groups attached to an aromatic ring is 1. The highest BCUT2D eigenvalue weighted by atomic mass is 16.2. The number of pyridine rings is 1. The number of hydrogen-bond donors (Lipinski definition) is 2. The molecule has 3 N–H and O–H groups in total. The number of amides is 2. The Morgan fingerprint density at radius 2 is 2.30 bits per heavy atom. The van der Waals surface area contributed by atoms with E-state index in [4.69, 9.17) is 5.84 Å². The third kappa shape index (κ3) is 3.14. The first-order valence-corrected chi connectivity index (χ1v) is 6.76. The van der Waals surface area contributed by atoms with Gasteiger partial charge in [0.1, 0.15) is 5.69 Å². The summed E-state index contributed by atoms with van der Waals surface area (Å²) in [6, 6.07) is 5.14. The number of nitrogens with two attached hydrogens (primary N) is 1. The highest BCUT2D eigenvalue weighted by molar-refractivity contribution is 5.91. The molecule has 1 saturated heterocycles. The van der Waals surface area contributed by atoms with Crippen LogP contribution in [0.1, 0.15) is 36.5 Å². The standard InChI is InChI=1S/C14H20N4O2/c1-9(2)10-6-13(19)18(7-10)8-11-4-3-5-12(16-11)14(20)17-15/h3-5,9-10H,6-8,15H2,1-2H3,(H,17,20). The van der Waals surface area contributed by atoms with Crippen molar-refractivity contribution in [3.63, 3.8) is 0 Å². The van der Waals surface area contributed by atoms with Gasteiger partial charge < -0.3 is 4.90 Å². The fraction of sp³-hybridized carbons (Fsp3) is 0.500. The van der Waals surface area contributed by atoms with Crippen LogP contribution >= 0.6 is 0 Å². The number of nitrogens with one attached hydrogen (secondary N) is 1. The summed E-state index contributed by atoms with van der Waals surface area (Å²) in [5, 5.41) is 0. The SMILES string of the molecule is CC(C)C1CC(=O)N(Cc2cccc(C(=O)NN)n2)C1. The zero-order valence-electron chi connectivity index (χ0n) is 11.8. The molecule has 0 saturated carbocycles. The van der Waals surface area contributed by atoms with Gasteiger partial charge in [-0.05, 0) is 24.0 Å². The second-order valence-electron chi connectivity index (χ2n) is 5.47. The molecule has 1 atom stereocenters. The van der Waals surface area contributed by atoms with Gasteiger partial charge in [-0.3, -0.25) is 15.0 Å². The summed E-state index contributed by atoms with van der Waals surface area (Å²) in [5.41, 5.74) is 3.01. The van der Waals surface area contributed by atoms with Crippen LogP contribution in [0.4, 0.5) is 0 Å². The Hall–Kier alpha value is -1.95. The third-order valence-electron chi connectivity index (χ3n) is 3.71. The van der Waals surface area contributed by atoms with Crippen molar-refractivity contribution in [1.82, 2.24) is 15.3 Å². The number of hydrogen-bond acceptors (Lipinski definition) is 4. The maximum absolute atomic E-state index is 12.0. The molecule has 0 bridgehead atoms. The van der Waals surface area contributed by atoms with Crippen LogP contribution in [0.5, 0.6) is 0 Å². The van der Waals surface area contributed by atoms with Crippen LogP contribution in [0.15, 0.2) is 18.2 Å². The number of nitrogens with zero attached hydrogens (tertiary/aromatic N) is 2. The van der Waals surface area contributed by atoms with E-state index in [1.54, 1.807) is 17.0 Å². The Balaban J connectivity index is 2.07. The minimum Gasteiger partial charge on any atom is -0.336 e. The molecule has 1 aromatic heterocycles. The summed E-state index contributed by atoms with van der Waals surface area (Å²) in [7, 11) is 0. The number of rotatable bonds is 4. The summed E-state index contributed by atoms with van der Waals surface area (Å²) in [6.45, 7) is 5.46. The molecule has 1 aliphatic heterocycles. The quantitative estimate of drug-likeness (QED) is 0.481. The lowest BCUT2D eigenvalue weighted by molar-refractivity contribution is -0.128. The van der Waals surface area contributed by atoms with E-state index in [1.807, 2.05) is 6.07 Å². The second kappa shape index (κ2) is 6.00. The number of carbonyl (C=O) groups excluding carboxylic acids is 2. The average molecular weight is 276 g/mol. The molecule has 20 heavy (non-hydrogen) atoms. The van der Waals surface area contributed by atoms with E-state index < -0.39 is 5.91 Å². The van der Waals surface area contributed by atoms with E-state index in [1.165, 1.54) is 0 Å². The van der Waals surface area contributed by atoms with E-state index in [0.717, 1.165) is 6.54 Å². The van der Waals surface area contributed by atoms with Crippen molar-refractivity contribution in [3.05, 3.63) is 29.6 Å². The molecule has 0 aliphatic carbocycles. The van der Waals surface area contributed by atoms with E-state index in [0.29, 0.717) is 30.5 Å². The van der Waals surface area contributed by atoms with E-state index in [9.17, 15) is 9.59 Å². The van der Waals surface area contributed by atoms with Crippen molar-refractivity contribution < 1.29 is 9.59 Å². The Bertz CT molecular complexity index is 516. The van der Waals surface area contributed by atoms with Crippen molar-refractivity contribution in [2.24, 2.45) is 17.7 Å². The molecule has 2 amide bonds. The first kappa shape index (κ1) is 14.5. The molecule has 2 heterocycles. The monoisotopic (exact) mass is 276 g/mol. The summed E-state index contributed by atoms with van der Waals surface area (Å²) in [5.74, 6) is 5.70. The van der Waals surface area contributed by atoms with Gasteiger partial charge in [0.25, 0.3) is 5.91 Å². The number of carbonyl (C=O) groups is 2. The first-order chi connectivity index (χ1) is 9.51. The molecule has 0 radical (unpaired) electrons. The maximum Gasteiger partial charge on any atom is 0.283 e. The Labute approximate surface area is 118 Å². The van der Waals surface area contributed by atoms with Crippen LogP contribution in [0.2, 0.25) is 0 Å². The smallest absolute Gasteiger partial charge is 0.283 e. The van der Waals surface area contributed by atoms with Crippen LogP contribution in [0.25, 0.3) is 0 Å². The van der Waals surface area contributed by atoms with E-state index >= 15 is 0 Å². The van der Waals surface area contributed by atoms with Gasteiger partial charge in [0.05, 0.1) is 12.2 Å². The molecule has 1 aromatic rings. The van der Waals surface area contributed by atoms with Crippen LogP contribution in [0, 0.1) is 11.8 Å². The van der Waals surface area contributed by atoms with Crippen LogP contribution in [0.3, 0.4) is 0 Å². The molecule has 6 heteroatoms. The van der Waals surface area contributed by atoms with E-state index in [2.05, 4.69) is 24.3 Å². The van der Waals surface area contributed by atoms with Crippen molar-refractivity contribution >= 4 is 11.8 Å². The summed E-state index contributed by atoms with van der Waals surface area (Å²) in [6.07, 6.45) is 0.598. The number of hydrazine groups is 1. The van der Waals surface area contributed by atoms with Gasteiger partial charge in [-0.25, -0.2) is 10.8 Å². The minimum atomic E-state index is -0.431. The highest BCUT2D eigenvalue weighted by Crippen LogP contribution is 2.25. The summed E-state index contributed by atoms with van der Waals surface area (Å²) < 4.78 is 0. The lowest BCUT2D eigenvalue weighted by Crippen LogP contribution is -2.31. The molecule has 1 fully saturated rings. The molecular formula is C14H20N4O2. The maximum atomic E-state index is 12.0. The molecular weight excluding hydrogens is 256 g/mol. The van der Waals surface area contributed by atoms with Crippen molar-refractivity contribution in [2.75, 3.05) is 6.54 Å². The van der Waals surface area contributed by atoms with Gasteiger partial charge >= 0.3 is 0 Å². The Morgan fingerprint density at radius 3 is 2.90 bits per heavy atom. The lowest BCUT2D eigenvalue weighted by atomic mass is 9.95. The molecule has 0 aromatic carbocycles. The van der Waals surface area contributed by atoms with Gasteiger partial charge in [0, 0.05) is 13.0 Å². The summed E-state index contributed by atoms with van der Waals surface area (Å²) in [4.78, 5) is 29.4. The van der Waals surface area contributed by atoms with Gasteiger partial charge in [-0.1, -0.05) is 19.9 Å². The molecule has 0 spiro atoms. The average Bonchev–Trinajstić information content (AvgIpc) is 2.80. The zero-order chi connectivity index (χ0) is 14.7. The normalized spacial score (nSPS) is 18.7. The van der Waals surface area contributed by atoms with Gasteiger partial charge in [0.2, 0.25) is 5.91 Å². The van der Waals surface area contributed by atoms with Gasteiger partial charge in [-0.2, -0.15) is 0 Å².